The van der Waals surface area contributed by atoms with Crippen LogP contribution in [0.25, 0.3) is 0 Å². The summed E-state index contributed by atoms with van der Waals surface area (Å²) in [5.41, 5.74) is 1.80. The number of nitro groups is 1. The standard InChI is InChI=1S/C11H10FN3O2S/c1-7(11-5-13-6-18-11)14-9-2-8(12)3-10(4-9)15(16)17/h2-7,14H,1H3. The zero-order valence-corrected chi connectivity index (χ0v) is 10.3. The zero-order chi connectivity index (χ0) is 13.1. The number of hydrogen-bond donors (Lipinski definition) is 1. The maximum Gasteiger partial charge on any atom is 0.274 e. The number of anilines is 1. The van der Waals surface area contributed by atoms with Gasteiger partial charge >= 0.3 is 0 Å². The Kier molecular flexibility index (Phi) is 3.52. The van der Waals surface area contributed by atoms with Crippen LogP contribution in [0.1, 0.15) is 17.8 Å². The molecule has 0 radical (unpaired) electrons. The van der Waals surface area contributed by atoms with Crippen molar-refractivity contribution < 1.29 is 9.31 Å². The number of nitrogens with zero attached hydrogens (tertiary/aromatic N) is 2. The zero-order valence-electron chi connectivity index (χ0n) is 9.46. The van der Waals surface area contributed by atoms with Crippen molar-refractivity contribution in [3.63, 3.8) is 0 Å². The fraction of sp³-hybridized carbons (Fsp3) is 0.182. The highest BCUT2D eigenvalue weighted by Crippen LogP contribution is 2.25. The Morgan fingerprint density at radius 2 is 2.28 bits per heavy atom. The summed E-state index contributed by atoms with van der Waals surface area (Å²) in [5, 5.41) is 13.6. The number of aromatic nitrogens is 1. The third kappa shape index (κ3) is 2.80. The summed E-state index contributed by atoms with van der Waals surface area (Å²) < 4.78 is 13.2. The maximum absolute atomic E-state index is 13.2. The van der Waals surface area contributed by atoms with E-state index in [0.717, 1.165) is 10.9 Å². The summed E-state index contributed by atoms with van der Waals surface area (Å²) in [5.74, 6) is -0.636. The molecule has 18 heavy (non-hydrogen) atoms. The lowest BCUT2D eigenvalue weighted by Gasteiger charge is -2.13. The SMILES string of the molecule is CC(Nc1cc(F)cc([N+](=O)[O-])c1)c1cncs1. The number of nitro benzene ring substituents is 1. The molecule has 1 N–H and O–H groups in total. The summed E-state index contributed by atoms with van der Waals surface area (Å²) in [7, 11) is 0. The van der Waals surface area contributed by atoms with Crippen LogP contribution in [0.15, 0.2) is 29.9 Å². The van der Waals surface area contributed by atoms with Crippen molar-refractivity contribution in [1.82, 2.24) is 4.98 Å². The minimum atomic E-state index is -0.636. The van der Waals surface area contributed by atoms with Crippen LogP contribution in [0.5, 0.6) is 0 Å². The van der Waals surface area contributed by atoms with Gasteiger partial charge in [0.05, 0.1) is 22.5 Å². The smallest absolute Gasteiger partial charge is 0.274 e. The van der Waals surface area contributed by atoms with E-state index in [4.69, 9.17) is 0 Å². The average Bonchev–Trinajstić information content (AvgIpc) is 2.81. The Morgan fingerprint density at radius 1 is 1.50 bits per heavy atom. The molecule has 2 aromatic rings. The van der Waals surface area contributed by atoms with Crippen LogP contribution in [-0.2, 0) is 0 Å². The number of thiazole rings is 1. The highest BCUT2D eigenvalue weighted by molar-refractivity contribution is 7.09. The quantitative estimate of drug-likeness (QED) is 0.681. The molecular formula is C11H10FN3O2S. The number of rotatable bonds is 4. The van der Waals surface area contributed by atoms with Gasteiger partial charge in [0.25, 0.3) is 5.69 Å². The van der Waals surface area contributed by atoms with Crippen molar-refractivity contribution in [3.8, 4) is 0 Å². The predicted octanol–water partition coefficient (Wildman–Crippen LogP) is 3.36. The summed E-state index contributed by atoms with van der Waals surface area (Å²) in [6, 6.07) is 3.34. The first kappa shape index (κ1) is 12.4. The molecule has 0 aliphatic heterocycles. The van der Waals surface area contributed by atoms with Gasteiger partial charge in [-0.25, -0.2) is 4.39 Å². The number of nitrogens with one attached hydrogen (secondary N) is 1. The lowest BCUT2D eigenvalue weighted by molar-refractivity contribution is -0.385. The molecule has 5 nitrogen and oxygen atoms in total. The highest BCUT2D eigenvalue weighted by Gasteiger charge is 2.12. The molecular weight excluding hydrogens is 257 g/mol. The normalized spacial score (nSPS) is 12.1. The van der Waals surface area contributed by atoms with Gasteiger partial charge in [0.2, 0.25) is 0 Å². The van der Waals surface area contributed by atoms with E-state index in [1.165, 1.54) is 23.5 Å². The van der Waals surface area contributed by atoms with Gasteiger partial charge < -0.3 is 5.32 Å². The van der Waals surface area contributed by atoms with Gasteiger partial charge in [-0.15, -0.1) is 11.3 Å². The minimum absolute atomic E-state index is 0.0843. The number of hydrogen-bond acceptors (Lipinski definition) is 5. The molecule has 7 heteroatoms. The van der Waals surface area contributed by atoms with E-state index >= 15 is 0 Å². The topological polar surface area (TPSA) is 68.1 Å². The van der Waals surface area contributed by atoms with Crippen molar-refractivity contribution >= 4 is 22.7 Å². The second-order valence-electron chi connectivity index (χ2n) is 3.73. The third-order valence-corrected chi connectivity index (χ3v) is 3.31. The van der Waals surface area contributed by atoms with Gasteiger partial charge in [0, 0.05) is 22.8 Å². The number of non-ortho nitro benzene ring substituents is 1. The largest absolute Gasteiger partial charge is 0.377 e. The molecule has 0 spiro atoms. The Balaban J connectivity index is 2.21. The molecule has 0 amide bonds. The monoisotopic (exact) mass is 267 g/mol. The van der Waals surface area contributed by atoms with Crippen LogP contribution in [0.2, 0.25) is 0 Å². The van der Waals surface area contributed by atoms with E-state index in [0.29, 0.717) is 5.69 Å². The molecule has 0 aliphatic carbocycles. The average molecular weight is 267 g/mol. The van der Waals surface area contributed by atoms with Gasteiger partial charge in [0.15, 0.2) is 0 Å². The molecule has 1 heterocycles. The van der Waals surface area contributed by atoms with Crippen LogP contribution in [0.4, 0.5) is 15.8 Å². The van der Waals surface area contributed by atoms with Gasteiger partial charge in [0.1, 0.15) is 5.82 Å². The molecule has 1 unspecified atom stereocenters. The van der Waals surface area contributed by atoms with Gasteiger partial charge in [-0.2, -0.15) is 0 Å². The lowest BCUT2D eigenvalue weighted by Crippen LogP contribution is -2.05. The second kappa shape index (κ2) is 5.09. The first-order valence-corrected chi connectivity index (χ1v) is 6.04. The summed E-state index contributed by atoms with van der Waals surface area (Å²) >= 11 is 1.46. The van der Waals surface area contributed by atoms with E-state index < -0.39 is 10.7 Å². The van der Waals surface area contributed by atoms with E-state index in [9.17, 15) is 14.5 Å². The molecule has 2 rings (SSSR count). The number of halogens is 1. The Labute approximate surface area is 106 Å². The lowest BCUT2D eigenvalue weighted by atomic mass is 10.2. The van der Waals surface area contributed by atoms with E-state index in [1.807, 2.05) is 6.92 Å². The summed E-state index contributed by atoms with van der Waals surface area (Å²) in [6.07, 6.45) is 1.70. The van der Waals surface area contributed by atoms with Crippen molar-refractivity contribution in [1.29, 1.82) is 0 Å². The fourth-order valence-corrected chi connectivity index (χ4v) is 2.15. The summed E-state index contributed by atoms with van der Waals surface area (Å²) in [6.45, 7) is 1.88. The van der Waals surface area contributed by atoms with E-state index in [1.54, 1.807) is 11.7 Å². The Hall–Kier alpha value is -2.02. The molecule has 1 aromatic heterocycles. The van der Waals surface area contributed by atoms with Crippen LogP contribution < -0.4 is 5.32 Å². The molecule has 0 aliphatic rings. The van der Waals surface area contributed by atoms with E-state index in [-0.39, 0.29) is 11.7 Å². The molecule has 0 bridgehead atoms. The van der Waals surface area contributed by atoms with Gasteiger partial charge in [-0.1, -0.05) is 0 Å². The molecule has 1 aromatic carbocycles. The Morgan fingerprint density at radius 3 is 2.89 bits per heavy atom. The second-order valence-corrected chi connectivity index (χ2v) is 4.64. The van der Waals surface area contributed by atoms with Crippen molar-refractivity contribution in [2.75, 3.05) is 5.32 Å². The molecule has 0 fully saturated rings. The summed E-state index contributed by atoms with van der Waals surface area (Å²) in [4.78, 5) is 14.9. The molecule has 0 saturated heterocycles. The first-order chi connectivity index (χ1) is 8.56. The Bertz CT molecular complexity index is 559. The predicted molar refractivity (Wildman–Crippen MR) is 67.2 cm³/mol. The van der Waals surface area contributed by atoms with Crippen molar-refractivity contribution in [2.24, 2.45) is 0 Å². The van der Waals surface area contributed by atoms with Crippen molar-refractivity contribution in [3.05, 3.63) is 50.7 Å². The van der Waals surface area contributed by atoms with Crippen LogP contribution in [0.3, 0.4) is 0 Å². The third-order valence-electron chi connectivity index (χ3n) is 2.35. The fourth-order valence-electron chi connectivity index (χ4n) is 1.52. The van der Waals surface area contributed by atoms with Crippen LogP contribution in [-0.4, -0.2) is 9.91 Å². The van der Waals surface area contributed by atoms with Crippen LogP contribution >= 0.6 is 11.3 Å². The molecule has 0 saturated carbocycles. The van der Waals surface area contributed by atoms with E-state index in [2.05, 4.69) is 10.3 Å². The molecule has 1 atom stereocenters. The van der Waals surface area contributed by atoms with Crippen LogP contribution in [0, 0.1) is 15.9 Å². The highest BCUT2D eigenvalue weighted by atomic mass is 32.1. The minimum Gasteiger partial charge on any atom is -0.377 e. The molecule has 94 valence electrons. The maximum atomic E-state index is 13.2. The first-order valence-electron chi connectivity index (χ1n) is 5.16. The number of benzene rings is 1. The van der Waals surface area contributed by atoms with Gasteiger partial charge in [-0.3, -0.25) is 15.1 Å². The van der Waals surface area contributed by atoms with Gasteiger partial charge in [-0.05, 0) is 13.0 Å². The van der Waals surface area contributed by atoms with Crippen molar-refractivity contribution in [2.45, 2.75) is 13.0 Å².